The lowest BCUT2D eigenvalue weighted by molar-refractivity contribution is -0.141. The molecule has 0 spiro atoms. The highest BCUT2D eigenvalue weighted by Crippen LogP contribution is 2.30. The number of nitrogens with one attached hydrogen (secondary N) is 2. The second-order valence-electron chi connectivity index (χ2n) is 7.09. The molecule has 0 aliphatic rings. The van der Waals surface area contributed by atoms with Crippen molar-refractivity contribution in [2.75, 3.05) is 6.54 Å². The number of rotatable bonds is 6. The molecule has 152 valence electrons. The Kier molecular flexibility index (Phi) is 5.79. The number of hydrogen-bond acceptors (Lipinski definition) is 2. The number of carboxylic acids is 1. The lowest BCUT2D eigenvalue weighted by atomic mass is 9.95. The van der Waals surface area contributed by atoms with Crippen molar-refractivity contribution < 1.29 is 14.7 Å². The van der Waals surface area contributed by atoms with Gasteiger partial charge < -0.3 is 15.4 Å². The predicted molar refractivity (Wildman–Crippen MR) is 122 cm³/mol. The summed E-state index contributed by atoms with van der Waals surface area (Å²) in [4.78, 5) is 27.5. The van der Waals surface area contributed by atoms with Gasteiger partial charge in [0.1, 0.15) is 5.69 Å². The number of halogens is 2. The lowest BCUT2D eigenvalue weighted by Crippen LogP contribution is -2.34. The number of benzene rings is 3. The molecule has 1 aromatic heterocycles. The Morgan fingerprint density at radius 1 is 1.07 bits per heavy atom. The topological polar surface area (TPSA) is 82.2 Å². The number of H-pyrrole nitrogens is 1. The first-order valence-corrected chi connectivity index (χ1v) is 10.6. The van der Waals surface area contributed by atoms with Crippen LogP contribution in [0.4, 0.5) is 0 Å². The molecule has 0 aliphatic heterocycles. The molecule has 1 amide bonds. The van der Waals surface area contributed by atoms with Crippen LogP contribution in [0.1, 0.15) is 16.1 Å². The SMILES string of the molecule is O=C(NCC(Cc1cccc2ccccc12)C(=O)O)c1[nH]c2ccc(Br)cc2c1Cl. The summed E-state index contributed by atoms with van der Waals surface area (Å²) in [5.74, 6) is -2.16. The normalized spacial score (nSPS) is 12.2. The maximum atomic E-state index is 12.7. The van der Waals surface area contributed by atoms with Crippen molar-refractivity contribution in [3.63, 3.8) is 0 Å². The smallest absolute Gasteiger partial charge is 0.308 e. The molecular weight excluding hydrogens is 468 g/mol. The summed E-state index contributed by atoms with van der Waals surface area (Å²) in [5, 5.41) is 15.5. The molecule has 1 unspecified atom stereocenters. The van der Waals surface area contributed by atoms with Crippen LogP contribution in [0.25, 0.3) is 21.7 Å². The van der Waals surface area contributed by atoms with Gasteiger partial charge in [-0.15, -0.1) is 0 Å². The van der Waals surface area contributed by atoms with Gasteiger partial charge in [0.2, 0.25) is 0 Å². The molecule has 7 heteroatoms. The molecular formula is C23H18BrClN2O3. The monoisotopic (exact) mass is 484 g/mol. The summed E-state index contributed by atoms with van der Waals surface area (Å²) in [5.41, 5.74) is 1.89. The second-order valence-corrected chi connectivity index (χ2v) is 8.39. The maximum Gasteiger partial charge on any atom is 0.308 e. The molecule has 0 aliphatic carbocycles. The van der Waals surface area contributed by atoms with Crippen molar-refractivity contribution >= 4 is 61.1 Å². The van der Waals surface area contributed by atoms with Gasteiger partial charge in [-0.3, -0.25) is 9.59 Å². The number of aliphatic carboxylic acids is 1. The van der Waals surface area contributed by atoms with Crippen LogP contribution in [0.5, 0.6) is 0 Å². The Morgan fingerprint density at radius 2 is 1.83 bits per heavy atom. The van der Waals surface area contributed by atoms with Crippen LogP contribution < -0.4 is 5.32 Å². The van der Waals surface area contributed by atoms with Crippen molar-refractivity contribution in [3.8, 4) is 0 Å². The van der Waals surface area contributed by atoms with E-state index in [0.717, 1.165) is 31.7 Å². The summed E-state index contributed by atoms with van der Waals surface area (Å²) in [6.07, 6.45) is 0.310. The minimum atomic E-state index is -0.963. The number of aromatic nitrogens is 1. The third kappa shape index (κ3) is 4.06. The third-order valence-electron chi connectivity index (χ3n) is 5.13. The Balaban J connectivity index is 1.52. The number of fused-ring (bicyclic) bond motifs is 2. The van der Waals surface area contributed by atoms with Crippen molar-refractivity contribution in [1.29, 1.82) is 0 Å². The number of carbonyl (C=O) groups is 2. The molecule has 30 heavy (non-hydrogen) atoms. The van der Waals surface area contributed by atoms with Crippen molar-refractivity contribution in [2.24, 2.45) is 5.92 Å². The second kappa shape index (κ2) is 8.50. The van der Waals surface area contributed by atoms with Gasteiger partial charge in [0.25, 0.3) is 5.91 Å². The minimum absolute atomic E-state index is 0.00717. The molecule has 0 fully saturated rings. The van der Waals surface area contributed by atoms with E-state index >= 15 is 0 Å². The van der Waals surface area contributed by atoms with Crippen LogP contribution in [0.3, 0.4) is 0 Å². The first-order chi connectivity index (χ1) is 14.4. The standard InChI is InChI=1S/C23H18BrClN2O3/c24-16-8-9-19-18(11-16)20(25)21(27-19)22(28)26-12-15(23(29)30)10-14-6-3-5-13-4-1-2-7-17(13)14/h1-9,11,15,27H,10,12H2,(H,26,28)(H,29,30). The van der Waals surface area contributed by atoms with Gasteiger partial charge in [-0.25, -0.2) is 0 Å². The van der Waals surface area contributed by atoms with Crippen molar-refractivity contribution in [3.05, 3.63) is 81.4 Å². The van der Waals surface area contributed by atoms with Crippen LogP contribution in [0, 0.1) is 5.92 Å². The number of carbonyl (C=O) groups excluding carboxylic acids is 1. The fourth-order valence-electron chi connectivity index (χ4n) is 3.57. The molecule has 0 bridgehead atoms. The fraction of sp³-hybridized carbons (Fsp3) is 0.130. The highest BCUT2D eigenvalue weighted by atomic mass is 79.9. The van der Waals surface area contributed by atoms with E-state index in [1.807, 2.05) is 60.7 Å². The van der Waals surface area contributed by atoms with Gasteiger partial charge >= 0.3 is 5.97 Å². The van der Waals surface area contributed by atoms with E-state index in [0.29, 0.717) is 11.4 Å². The Labute approximate surface area is 186 Å². The average molecular weight is 486 g/mol. The lowest BCUT2D eigenvalue weighted by Gasteiger charge is -2.15. The molecule has 4 rings (SSSR count). The average Bonchev–Trinajstić information content (AvgIpc) is 3.06. The van der Waals surface area contributed by atoms with Gasteiger partial charge in [0, 0.05) is 21.9 Å². The zero-order valence-electron chi connectivity index (χ0n) is 15.8. The summed E-state index contributed by atoms with van der Waals surface area (Å²) >= 11 is 9.76. The van der Waals surface area contributed by atoms with Crippen LogP contribution in [-0.2, 0) is 11.2 Å². The van der Waals surface area contributed by atoms with E-state index in [1.165, 1.54) is 0 Å². The van der Waals surface area contributed by atoms with Gasteiger partial charge in [-0.2, -0.15) is 0 Å². The van der Waals surface area contributed by atoms with Gasteiger partial charge in [0.05, 0.1) is 10.9 Å². The molecule has 5 nitrogen and oxygen atoms in total. The predicted octanol–water partition coefficient (Wildman–Crippen LogP) is 5.41. The number of aromatic amines is 1. The number of amides is 1. The van der Waals surface area contributed by atoms with E-state index < -0.39 is 17.8 Å². The summed E-state index contributed by atoms with van der Waals surface area (Å²) in [7, 11) is 0. The van der Waals surface area contributed by atoms with Crippen molar-refractivity contribution in [1.82, 2.24) is 10.3 Å². The van der Waals surface area contributed by atoms with E-state index in [1.54, 1.807) is 0 Å². The van der Waals surface area contributed by atoms with E-state index in [-0.39, 0.29) is 12.2 Å². The van der Waals surface area contributed by atoms with E-state index in [9.17, 15) is 14.7 Å². The first kappa shape index (κ1) is 20.4. The zero-order chi connectivity index (χ0) is 21.3. The highest BCUT2D eigenvalue weighted by Gasteiger charge is 2.22. The highest BCUT2D eigenvalue weighted by molar-refractivity contribution is 9.10. The third-order valence-corrected chi connectivity index (χ3v) is 6.01. The van der Waals surface area contributed by atoms with Crippen molar-refractivity contribution in [2.45, 2.75) is 6.42 Å². The largest absolute Gasteiger partial charge is 0.481 e. The number of hydrogen-bond donors (Lipinski definition) is 3. The summed E-state index contributed by atoms with van der Waals surface area (Å²) < 4.78 is 0.851. The molecule has 0 saturated heterocycles. The van der Waals surface area contributed by atoms with Gasteiger partial charge in [-0.05, 0) is 41.0 Å². The Bertz CT molecular complexity index is 1260. The van der Waals surface area contributed by atoms with E-state index in [4.69, 9.17) is 11.6 Å². The maximum absolute atomic E-state index is 12.7. The Hall–Kier alpha value is -2.83. The van der Waals surface area contributed by atoms with Crippen LogP contribution in [0.15, 0.2) is 65.1 Å². The molecule has 1 heterocycles. The first-order valence-electron chi connectivity index (χ1n) is 9.38. The molecule has 4 aromatic rings. The molecule has 0 saturated carbocycles. The molecule has 3 N–H and O–H groups in total. The minimum Gasteiger partial charge on any atom is -0.481 e. The van der Waals surface area contributed by atoms with Crippen LogP contribution in [0.2, 0.25) is 5.02 Å². The summed E-state index contributed by atoms with van der Waals surface area (Å²) in [6, 6.07) is 19.2. The molecule has 3 aromatic carbocycles. The van der Waals surface area contributed by atoms with Gasteiger partial charge in [0.15, 0.2) is 0 Å². The molecule has 1 atom stereocenters. The molecule has 0 radical (unpaired) electrons. The van der Waals surface area contributed by atoms with E-state index in [2.05, 4.69) is 26.2 Å². The number of carboxylic acid groups (broad SMARTS) is 1. The van der Waals surface area contributed by atoms with Gasteiger partial charge in [-0.1, -0.05) is 70.0 Å². The fourth-order valence-corrected chi connectivity index (χ4v) is 4.23. The quantitative estimate of drug-likeness (QED) is 0.341. The van der Waals surface area contributed by atoms with Crippen LogP contribution >= 0.6 is 27.5 Å². The summed E-state index contributed by atoms with van der Waals surface area (Å²) in [6.45, 7) is -0.00717. The van der Waals surface area contributed by atoms with Crippen LogP contribution in [-0.4, -0.2) is 28.5 Å². The Morgan fingerprint density at radius 3 is 2.63 bits per heavy atom. The zero-order valence-corrected chi connectivity index (χ0v) is 18.1.